The molecule has 1 aromatic carbocycles. The molecule has 0 amide bonds. The van der Waals surface area contributed by atoms with E-state index < -0.39 is 0 Å². The van der Waals surface area contributed by atoms with Gasteiger partial charge in [0.2, 0.25) is 0 Å². The molecule has 2 heterocycles. The average molecular weight is 261 g/mol. The lowest BCUT2D eigenvalue weighted by Gasteiger charge is -2.24. The van der Waals surface area contributed by atoms with E-state index in [1.165, 1.54) is 11.3 Å². The Morgan fingerprint density at radius 1 is 1.50 bits per heavy atom. The van der Waals surface area contributed by atoms with Crippen LogP contribution in [0.25, 0.3) is 0 Å². The Morgan fingerprint density at radius 2 is 2.39 bits per heavy atom. The van der Waals surface area contributed by atoms with E-state index in [-0.39, 0.29) is 11.9 Å². The van der Waals surface area contributed by atoms with Gasteiger partial charge >= 0.3 is 0 Å². The number of aromatic nitrogens is 1. The normalized spacial score (nSPS) is 18.1. The molecule has 0 fully saturated rings. The van der Waals surface area contributed by atoms with Crippen molar-refractivity contribution >= 4 is 17.1 Å². The molecule has 0 saturated carbocycles. The summed E-state index contributed by atoms with van der Waals surface area (Å²) in [5.41, 5.74) is 2.36. The van der Waals surface area contributed by atoms with Crippen molar-refractivity contribution in [3.8, 4) is 11.5 Å². The molecule has 0 N–H and O–H groups in total. The number of carbonyl (C=O) groups excluding carboxylic acids is 1. The summed E-state index contributed by atoms with van der Waals surface area (Å²) in [6.45, 7) is 0. The van der Waals surface area contributed by atoms with E-state index in [9.17, 15) is 4.79 Å². The third-order valence-electron chi connectivity index (χ3n) is 2.90. The molecule has 0 aliphatic carbocycles. The maximum atomic E-state index is 12.1. The first kappa shape index (κ1) is 11.2. The summed E-state index contributed by atoms with van der Waals surface area (Å²) < 4.78 is 11.0. The van der Waals surface area contributed by atoms with Crippen LogP contribution in [0.2, 0.25) is 0 Å². The minimum Gasteiger partial charge on any atom is -0.497 e. The summed E-state index contributed by atoms with van der Waals surface area (Å²) >= 11 is 1.50. The Hall–Kier alpha value is -1.88. The largest absolute Gasteiger partial charge is 0.497 e. The zero-order valence-corrected chi connectivity index (χ0v) is 10.6. The van der Waals surface area contributed by atoms with Crippen molar-refractivity contribution in [1.82, 2.24) is 4.98 Å². The number of carbonyl (C=O) groups is 1. The van der Waals surface area contributed by atoms with Crippen molar-refractivity contribution in [1.29, 1.82) is 0 Å². The number of hydrogen-bond acceptors (Lipinski definition) is 5. The minimum atomic E-state index is -0.232. The summed E-state index contributed by atoms with van der Waals surface area (Å²) in [5.74, 6) is 1.37. The Morgan fingerprint density at radius 3 is 3.11 bits per heavy atom. The van der Waals surface area contributed by atoms with E-state index in [2.05, 4.69) is 4.98 Å². The van der Waals surface area contributed by atoms with Crippen LogP contribution in [0.4, 0.5) is 0 Å². The highest BCUT2D eigenvalue weighted by molar-refractivity contribution is 7.09. The second-order valence-electron chi connectivity index (χ2n) is 4.00. The number of nitrogens with zero attached hydrogens (tertiary/aromatic N) is 1. The molecule has 1 unspecified atom stereocenters. The second-order valence-corrected chi connectivity index (χ2v) is 4.92. The molecule has 0 spiro atoms. The van der Waals surface area contributed by atoms with Crippen LogP contribution < -0.4 is 9.47 Å². The van der Waals surface area contributed by atoms with Crippen LogP contribution in [0.15, 0.2) is 29.9 Å². The molecule has 1 atom stereocenters. The number of rotatable bonds is 2. The van der Waals surface area contributed by atoms with E-state index in [4.69, 9.17) is 9.47 Å². The highest BCUT2D eigenvalue weighted by Gasteiger charge is 2.28. The van der Waals surface area contributed by atoms with Gasteiger partial charge in [0.25, 0.3) is 0 Å². The lowest BCUT2D eigenvalue weighted by Crippen LogP contribution is -2.19. The Bertz CT molecular complexity index is 580. The Balaban J connectivity index is 1.97. The predicted octanol–water partition coefficient (Wildman–Crippen LogP) is 2.86. The van der Waals surface area contributed by atoms with Gasteiger partial charge in [-0.15, -0.1) is 11.3 Å². The van der Waals surface area contributed by atoms with Crippen molar-refractivity contribution in [2.75, 3.05) is 7.11 Å². The maximum Gasteiger partial charge on any atom is 0.170 e. The number of thiazole rings is 1. The second kappa shape index (κ2) is 4.42. The Kier molecular flexibility index (Phi) is 2.76. The van der Waals surface area contributed by atoms with Crippen LogP contribution >= 0.6 is 11.3 Å². The molecule has 0 radical (unpaired) electrons. The summed E-state index contributed by atoms with van der Waals surface area (Å²) in [6.07, 6.45) is 1.87. The highest BCUT2D eigenvalue weighted by Crippen LogP contribution is 2.37. The van der Waals surface area contributed by atoms with Gasteiger partial charge in [-0.2, -0.15) is 0 Å². The number of ketones is 1. The predicted molar refractivity (Wildman–Crippen MR) is 67.4 cm³/mol. The van der Waals surface area contributed by atoms with E-state index in [0.717, 1.165) is 4.88 Å². The average Bonchev–Trinajstić information content (AvgIpc) is 2.91. The monoisotopic (exact) mass is 261 g/mol. The molecular weight excluding hydrogens is 250 g/mol. The van der Waals surface area contributed by atoms with Gasteiger partial charge in [0.05, 0.1) is 29.5 Å². The van der Waals surface area contributed by atoms with Gasteiger partial charge in [0.1, 0.15) is 17.6 Å². The summed E-state index contributed by atoms with van der Waals surface area (Å²) in [5, 5.41) is 0. The number of fused-ring (bicyclic) bond motifs is 1. The van der Waals surface area contributed by atoms with Crippen molar-refractivity contribution in [3.63, 3.8) is 0 Å². The van der Waals surface area contributed by atoms with Crippen LogP contribution in [0.1, 0.15) is 27.8 Å². The molecular formula is C13H11NO3S. The molecule has 92 valence electrons. The molecule has 3 rings (SSSR count). The van der Waals surface area contributed by atoms with Gasteiger partial charge < -0.3 is 9.47 Å². The van der Waals surface area contributed by atoms with Gasteiger partial charge in [0.15, 0.2) is 5.78 Å². The third kappa shape index (κ3) is 1.86. The molecule has 1 aliphatic heterocycles. The van der Waals surface area contributed by atoms with Crippen molar-refractivity contribution in [2.45, 2.75) is 12.5 Å². The van der Waals surface area contributed by atoms with Crippen LogP contribution in [0.3, 0.4) is 0 Å². The fourth-order valence-corrected chi connectivity index (χ4v) is 2.62. The van der Waals surface area contributed by atoms with E-state index in [1.807, 2.05) is 0 Å². The first-order valence-electron chi connectivity index (χ1n) is 5.54. The lowest BCUT2D eigenvalue weighted by molar-refractivity contribution is 0.0853. The molecule has 0 saturated heterocycles. The highest BCUT2D eigenvalue weighted by atomic mass is 32.1. The van der Waals surface area contributed by atoms with E-state index >= 15 is 0 Å². The summed E-state index contributed by atoms with van der Waals surface area (Å²) in [6, 6.07) is 5.27. The van der Waals surface area contributed by atoms with Gasteiger partial charge in [-0.3, -0.25) is 9.78 Å². The van der Waals surface area contributed by atoms with Crippen LogP contribution in [0.5, 0.6) is 11.5 Å². The SMILES string of the molecule is COc1ccc2c(c1)OC(c1cncs1)CC2=O. The maximum absolute atomic E-state index is 12.1. The first-order chi connectivity index (χ1) is 8.78. The van der Waals surface area contributed by atoms with E-state index in [1.54, 1.807) is 37.0 Å². The number of ether oxygens (including phenoxy) is 2. The minimum absolute atomic E-state index is 0.0947. The third-order valence-corrected chi connectivity index (χ3v) is 3.77. The fraction of sp³-hybridized carbons (Fsp3) is 0.231. The van der Waals surface area contributed by atoms with Gasteiger partial charge in [-0.1, -0.05) is 0 Å². The summed E-state index contributed by atoms with van der Waals surface area (Å²) in [7, 11) is 1.59. The van der Waals surface area contributed by atoms with Crippen LogP contribution in [0, 0.1) is 0 Å². The molecule has 5 heteroatoms. The van der Waals surface area contributed by atoms with Gasteiger partial charge in [-0.05, 0) is 12.1 Å². The van der Waals surface area contributed by atoms with Crippen molar-refractivity contribution < 1.29 is 14.3 Å². The van der Waals surface area contributed by atoms with E-state index in [0.29, 0.717) is 23.5 Å². The molecule has 1 aromatic heterocycles. The first-order valence-corrected chi connectivity index (χ1v) is 6.42. The number of Topliss-reactive ketones (excluding diaryl/α,β-unsaturated/α-hetero) is 1. The zero-order chi connectivity index (χ0) is 12.5. The van der Waals surface area contributed by atoms with Crippen LogP contribution in [-0.2, 0) is 0 Å². The molecule has 2 aromatic rings. The smallest absolute Gasteiger partial charge is 0.170 e. The number of methoxy groups -OCH3 is 1. The standard InChI is InChI=1S/C13H11NO3S/c1-16-8-2-3-9-10(15)5-12(17-11(9)4-8)13-6-14-7-18-13/h2-4,6-7,12H,5H2,1H3. The summed E-state index contributed by atoms with van der Waals surface area (Å²) in [4.78, 5) is 17.0. The fourth-order valence-electron chi connectivity index (χ4n) is 1.97. The molecule has 4 nitrogen and oxygen atoms in total. The Labute approximate surface area is 108 Å². The van der Waals surface area contributed by atoms with Gasteiger partial charge in [0, 0.05) is 12.3 Å². The van der Waals surface area contributed by atoms with Crippen molar-refractivity contribution in [3.05, 3.63) is 40.3 Å². The van der Waals surface area contributed by atoms with Crippen molar-refractivity contribution in [2.24, 2.45) is 0 Å². The molecule has 18 heavy (non-hydrogen) atoms. The molecule has 0 bridgehead atoms. The topological polar surface area (TPSA) is 48.4 Å². The number of hydrogen-bond donors (Lipinski definition) is 0. The quantitative estimate of drug-likeness (QED) is 0.834. The lowest BCUT2D eigenvalue weighted by atomic mass is 10.00. The zero-order valence-electron chi connectivity index (χ0n) is 9.75. The number of benzene rings is 1. The molecule has 1 aliphatic rings. The van der Waals surface area contributed by atoms with Crippen LogP contribution in [-0.4, -0.2) is 17.9 Å². The van der Waals surface area contributed by atoms with Gasteiger partial charge in [-0.25, -0.2) is 0 Å².